The summed E-state index contributed by atoms with van der Waals surface area (Å²) in [5.41, 5.74) is 0. The van der Waals surface area contributed by atoms with Crippen LogP contribution in [-0.2, 0) is 10.2 Å². The number of piperidine rings is 1. The summed E-state index contributed by atoms with van der Waals surface area (Å²) < 4.78 is 62.9. The van der Waals surface area contributed by atoms with Gasteiger partial charge in [-0.3, -0.25) is 0 Å². The molecular weight excluding hydrogens is 283 g/mol. The third kappa shape index (κ3) is 5.64. The van der Waals surface area contributed by atoms with E-state index in [4.69, 9.17) is 0 Å². The smallest absolute Gasteiger partial charge is 0.320 e. The second-order valence-corrected chi connectivity index (χ2v) is 6.30. The normalized spacial score (nSPS) is 22.6. The Labute approximate surface area is 111 Å². The standard InChI is InChI=1S/C10H20F3N3O2S/c1-14-6-5-9-4-2-3-7-16(9)19(17,18)15-8-10(11,12)13/h9,14-15H,2-8H2,1H3. The summed E-state index contributed by atoms with van der Waals surface area (Å²) in [5, 5.41) is 2.92. The van der Waals surface area contributed by atoms with Crippen LogP contribution in [0.3, 0.4) is 0 Å². The van der Waals surface area contributed by atoms with Crippen molar-refractivity contribution in [3.8, 4) is 0 Å². The lowest BCUT2D eigenvalue weighted by molar-refractivity contribution is -0.121. The molecule has 0 bridgehead atoms. The third-order valence-electron chi connectivity index (χ3n) is 3.06. The average Bonchev–Trinajstić information content (AvgIpc) is 2.34. The summed E-state index contributed by atoms with van der Waals surface area (Å²) in [6, 6.07) is -0.230. The quantitative estimate of drug-likeness (QED) is 0.764. The monoisotopic (exact) mass is 303 g/mol. The number of hydrogen-bond donors (Lipinski definition) is 2. The minimum absolute atomic E-state index is 0.230. The Balaban J connectivity index is 2.67. The number of alkyl halides is 3. The number of hydrogen-bond acceptors (Lipinski definition) is 3. The number of nitrogens with one attached hydrogen (secondary N) is 2. The van der Waals surface area contributed by atoms with E-state index < -0.39 is 22.9 Å². The van der Waals surface area contributed by atoms with Crippen LogP contribution in [0.25, 0.3) is 0 Å². The fourth-order valence-electron chi connectivity index (χ4n) is 2.15. The minimum Gasteiger partial charge on any atom is -0.320 e. The van der Waals surface area contributed by atoms with Gasteiger partial charge in [0.15, 0.2) is 0 Å². The molecule has 1 atom stereocenters. The van der Waals surface area contributed by atoms with Crippen molar-refractivity contribution < 1.29 is 21.6 Å². The van der Waals surface area contributed by atoms with Crippen LogP contribution >= 0.6 is 0 Å². The highest BCUT2D eigenvalue weighted by Gasteiger charge is 2.35. The van der Waals surface area contributed by atoms with Crippen molar-refractivity contribution in [2.75, 3.05) is 26.7 Å². The Bertz CT molecular complexity index is 373. The number of halogens is 3. The molecule has 0 saturated carbocycles. The van der Waals surface area contributed by atoms with E-state index in [9.17, 15) is 21.6 Å². The van der Waals surface area contributed by atoms with Gasteiger partial charge in [0.25, 0.3) is 10.2 Å². The molecule has 1 saturated heterocycles. The largest absolute Gasteiger partial charge is 0.402 e. The van der Waals surface area contributed by atoms with Crippen LogP contribution in [0.4, 0.5) is 13.2 Å². The van der Waals surface area contributed by atoms with E-state index in [2.05, 4.69) is 5.32 Å². The molecule has 9 heteroatoms. The summed E-state index contributed by atoms with van der Waals surface area (Å²) in [5.74, 6) is 0. The van der Waals surface area contributed by atoms with Crippen LogP contribution < -0.4 is 10.0 Å². The maximum Gasteiger partial charge on any atom is 0.402 e. The van der Waals surface area contributed by atoms with Gasteiger partial charge in [-0.25, -0.2) is 0 Å². The average molecular weight is 303 g/mol. The van der Waals surface area contributed by atoms with Crippen molar-refractivity contribution >= 4 is 10.2 Å². The SMILES string of the molecule is CNCCC1CCCCN1S(=O)(=O)NCC(F)(F)F. The van der Waals surface area contributed by atoms with Crippen molar-refractivity contribution in [2.45, 2.75) is 37.9 Å². The molecular formula is C10H20F3N3O2S. The summed E-state index contributed by atoms with van der Waals surface area (Å²) in [6.07, 6.45) is -1.66. The van der Waals surface area contributed by atoms with E-state index in [1.54, 1.807) is 11.8 Å². The summed E-state index contributed by atoms with van der Waals surface area (Å²) in [7, 11) is -2.31. The third-order valence-corrected chi connectivity index (χ3v) is 4.67. The van der Waals surface area contributed by atoms with Crippen LogP contribution in [-0.4, -0.2) is 51.6 Å². The van der Waals surface area contributed by atoms with Crippen molar-refractivity contribution in [1.82, 2.24) is 14.3 Å². The van der Waals surface area contributed by atoms with Gasteiger partial charge >= 0.3 is 6.18 Å². The van der Waals surface area contributed by atoms with Gasteiger partial charge in [-0.1, -0.05) is 6.42 Å². The van der Waals surface area contributed by atoms with E-state index in [0.717, 1.165) is 6.42 Å². The first-order valence-corrected chi connectivity index (χ1v) is 7.68. The summed E-state index contributed by atoms with van der Waals surface area (Å²) in [4.78, 5) is 0. The molecule has 0 amide bonds. The molecule has 1 aliphatic heterocycles. The molecule has 1 rings (SSSR count). The van der Waals surface area contributed by atoms with Crippen molar-refractivity contribution in [3.63, 3.8) is 0 Å². The maximum atomic E-state index is 12.1. The fraction of sp³-hybridized carbons (Fsp3) is 1.00. The van der Waals surface area contributed by atoms with Gasteiger partial charge in [0.05, 0.1) is 0 Å². The van der Waals surface area contributed by atoms with Crippen molar-refractivity contribution in [1.29, 1.82) is 0 Å². The van der Waals surface area contributed by atoms with Gasteiger partial charge in [-0.15, -0.1) is 0 Å². The number of nitrogens with zero attached hydrogens (tertiary/aromatic N) is 1. The molecule has 2 N–H and O–H groups in total. The van der Waals surface area contributed by atoms with Crippen LogP contribution in [0.1, 0.15) is 25.7 Å². The highest BCUT2D eigenvalue weighted by Crippen LogP contribution is 2.22. The molecule has 5 nitrogen and oxygen atoms in total. The van der Waals surface area contributed by atoms with Crippen LogP contribution in [0.15, 0.2) is 0 Å². The molecule has 1 aliphatic rings. The lowest BCUT2D eigenvalue weighted by Crippen LogP contribution is -2.51. The minimum atomic E-state index is -4.54. The highest BCUT2D eigenvalue weighted by atomic mass is 32.2. The van der Waals surface area contributed by atoms with Gasteiger partial charge < -0.3 is 5.32 Å². The first kappa shape index (κ1) is 16.7. The zero-order valence-electron chi connectivity index (χ0n) is 10.8. The zero-order chi connectivity index (χ0) is 14.5. The van der Waals surface area contributed by atoms with Crippen molar-refractivity contribution in [3.05, 3.63) is 0 Å². The molecule has 19 heavy (non-hydrogen) atoms. The van der Waals surface area contributed by atoms with E-state index in [-0.39, 0.29) is 12.6 Å². The van der Waals surface area contributed by atoms with Gasteiger partial charge in [0.2, 0.25) is 0 Å². The van der Waals surface area contributed by atoms with E-state index >= 15 is 0 Å². The molecule has 0 aromatic rings. The predicted molar refractivity (Wildman–Crippen MR) is 65.9 cm³/mol. The molecule has 114 valence electrons. The summed E-state index contributed by atoms with van der Waals surface area (Å²) in [6.45, 7) is -0.609. The first-order chi connectivity index (χ1) is 8.76. The fourth-order valence-corrected chi connectivity index (χ4v) is 3.63. The van der Waals surface area contributed by atoms with Crippen LogP contribution in [0.5, 0.6) is 0 Å². The molecule has 0 spiro atoms. The number of rotatable bonds is 6. The molecule has 1 fully saturated rings. The highest BCUT2D eigenvalue weighted by molar-refractivity contribution is 7.87. The van der Waals surface area contributed by atoms with Gasteiger partial charge in [0, 0.05) is 12.6 Å². The molecule has 1 unspecified atom stereocenters. The Morgan fingerprint density at radius 1 is 1.32 bits per heavy atom. The zero-order valence-corrected chi connectivity index (χ0v) is 11.6. The predicted octanol–water partition coefficient (Wildman–Crippen LogP) is 0.847. The van der Waals surface area contributed by atoms with Gasteiger partial charge in [-0.05, 0) is 32.9 Å². The Hall–Kier alpha value is -0.380. The second kappa shape index (κ2) is 6.87. The van der Waals surface area contributed by atoms with E-state index in [0.29, 0.717) is 25.8 Å². The molecule has 0 radical (unpaired) electrons. The molecule has 1 heterocycles. The Morgan fingerprint density at radius 3 is 2.58 bits per heavy atom. The molecule has 0 aromatic heterocycles. The van der Waals surface area contributed by atoms with Gasteiger partial charge in [0.1, 0.15) is 6.54 Å². The topological polar surface area (TPSA) is 61.4 Å². The van der Waals surface area contributed by atoms with E-state index in [1.807, 2.05) is 0 Å². The van der Waals surface area contributed by atoms with Crippen LogP contribution in [0, 0.1) is 0 Å². The summed E-state index contributed by atoms with van der Waals surface area (Å²) >= 11 is 0. The molecule has 0 aliphatic carbocycles. The van der Waals surface area contributed by atoms with E-state index in [1.165, 1.54) is 4.31 Å². The Kier molecular flexibility index (Phi) is 6.03. The Morgan fingerprint density at radius 2 is 2.00 bits per heavy atom. The second-order valence-electron chi connectivity index (χ2n) is 4.59. The van der Waals surface area contributed by atoms with Crippen molar-refractivity contribution in [2.24, 2.45) is 0 Å². The maximum absolute atomic E-state index is 12.1. The first-order valence-electron chi connectivity index (χ1n) is 6.24. The lowest BCUT2D eigenvalue weighted by atomic mass is 10.0. The van der Waals surface area contributed by atoms with Crippen LogP contribution in [0.2, 0.25) is 0 Å². The van der Waals surface area contributed by atoms with Gasteiger partial charge in [-0.2, -0.15) is 30.6 Å². The molecule has 0 aromatic carbocycles. The lowest BCUT2D eigenvalue weighted by Gasteiger charge is -2.34.